The Balaban J connectivity index is 1.83. The molecule has 2 heteroatoms. The van der Waals surface area contributed by atoms with Crippen molar-refractivity contribution < 1.29 is 4.79 Å². The van der Waals surface area contributed by atoms with E-state index >= 15 is 0 Å². The van der Waals surface area contributed by atoms with Crippen molar-refractivity contribution in [3.63, 3.8) is 0 Å². The van der Waals surface area contributed by atoms with E-state index in [1.807, 2.05) is 31.2 Å². The van der Waals surface area contributed by atoms with E-state index in [1.54, 1.807) is 0 Å². The van der Waals surface area contributed by atoms with Gasteiger partial charge in [-0.3, -0.25) is 4.79 Å². The molecular weight excluding hydrogens is 258 g/mol. The second-order valence-corrected chi connectivity index (χ2v) is 5.06. The van der Waals surface area contributed by atoms with E-state index in [9.17, 15) is 4.79 Å². The zero-order valence-electron chi connectivity index (χ0n) is 12.4. The summed E-state index contributed by atoms with van der Waals surface area (Å²) >= 11 is 0. The highest BCUT2D eigenvalue weighted by atomic mass is 16.1. The maximum absolute atomic E-state index is 11.7. The van der Waals surface area contributed by atoms with Crippen molar-refractivity contribution in [3.05, 3.63) is 70.8 Å². The van der Waals surface area contributed by atoms with Crippen LogP contribution in [0.4, 0.5) is 0 Å². The first-order chi connectivity index (χ1) is 10.1. The minimum absolute atomic E-state index is 0.231. The van der Waals surface area contributed by atoms with Gasteiger partial charge in [0.05, 0.1) is 0 Å². The lowest BCUT2D eigenvalue weighted by Gasteiger charge is -2.02. The van der Waals surface area contributed by atoms with Crippen LogP contribution in [0, 0.1) is 25.7 Å². The molecule has 106 valence electrons. The maximum atomic E-state index is 11.7. The molecule has 0 aromatic heterocycles. The van der Waals surface area contributed by atoms with Gasteiger partial charge in [-0.05, 0) is 37.5 Å². The first-order valence-electron chi connectivity index (χ1n) is 7.06. The molecule has 21 heavy (non-hydrogen) atoms. The molecule has 0 fully saturated rings. The number of carbonyl (C=O) groups is 1. The third-order valence-corrected chi connectivity index (χ3v) is 3.28. The highest BCUT2D eigenvalue weighted by Gasteiger charge is 1.97. The van der Waals surface area contributed by atoms with Crippen LogP contribution in [0.25, 0.3) is 0 Å². The monoisotopic (exact) mass is 277 g/mol. The second-order valence-electron chi connectivity index (χ2n) is 5.06. The topological polar surface area (TPSA) is 29.1 Å². The van der Waals surface area contributed by atoms with Crippen molar-refractivity contribution in [2.75, 3.05) is 6.54 Å². The highest BCUT2D eigenvalue weighted by Crippen LogP contribution is 2.04. The van der Waals surface area contributed by atoms with Crippen LogP contribution in [0.3, 0.4) is 0 Å². The van der Waals surface area contributed by atoms with Gasteiger partial charge < -0.3 is 5.32 Å². The minimum Gasteiger partial charge on any atom is -0.345 e. The van der Waals surface area contributed by atoms with E-state index < -0.39 is 0 Å². The molecule has 0 unspecified atom stereocenters. The molecule has 2 rings (SSSR count). The minimum atomic E-state index is -0.231. The lowest BCUT2D eigenvalue weighted by molar-refractivity contribution is -0.115. The number of aryl methyl sites for hydroxylation is 2. The van der Waals surface area contributed by atoms with Crippen molar-refractivity contribution in [1.29, 1.82) is 0 Å². The van der Waals surface area contributed by atoms with E-state index in [4.69, 9.17) is 0 Å². The molecule has 2 aromatic rings. The molecule has 0 atom stereocenters. The first-order valence-corrected chi connectivity index (χ1v) is 7.06. The van der Waals surface area contributed by atoms with Crippen LogP contribution < -0.4 is 5.32 Å². The summed E-state index contributed by atoms with van der Waals surface area (Å²) in [6.07, 6.45) is 0.818. The van der Waals surface area contributed by atoms with Crippen molar-refractivity contribution in [1.82, 2.24) is 5.32 Å². The predicted molar refractivity (Wildman–Crippen MR) is 85.9 cm³/mol. The Morgan fingerprint density at radius 2 is 1.76 bits per heavy atom. The molecule has 0 aliphatic rings. The zero-order valence-corrected chi connectivity index (χ0v) is 12.4. The standard InChI is InChI=1S/C19H19NO/c1-15-7-9-17(10-8-15)13-14-20-19(21)12-11-18-6-4-3-5-16(18)2/h3-10H,13-14H2,1-2H3,(H,20,21). The van der Waals surface area contributed by atoms with Gasteiger partial charge in [-0.15, -0.1) is 0 Å². The predicted octanol–water partition coefficient (Wildman–Crippen LogP) is 3.01. The molecule has 2 nitrogen and oxygen atoms in total. The summed E-state index contributed by atoms with van der Waals surface area (Å²) < 4.78 is 0. The summed E-state index contributed by atoms with van der Waals surface area (Å²) in [5, 5.41) is 2.82. The lowest BCUT2D eigenvalue weighted by Crippen LogP contribution is -2.24. The van der Waals surface area contributed by atoms with E-state index in [-0.39, 0.29) is 5.91 Å². The number of benzene rings is 2. The van der Waals surface area contributed by atoms with Gasteiger partial charge in [0, 0.05) is 18.0 Å². The van der Waals surface area contributed by atoms with Gasteiger partial charge in [-0.2, -0.15) is 0 Å². The van der Waals surface area contributed by atoms with Crippen LogP contribution in [0.5, 0.6) is 0 Å². The lowest BCUT2D eigenvalue weighted by atomic mass is 10.1. The molecule has 1 N–H and O–H groups in total. The number of amides is 1. The van der Waals surface area contributed by atoms with E-state index in [1.165, 1.54) is 11.1 Å². The fraction of sp³-hybridized carbons (Fsp3) is 0.211. The Bertz CT molecular complexity index is 675. The van der Waals surface area contributed by atoms with Crippen LogP contribution in [0.15, 0.2) is 48.5 Å². The molecule has 0 heterocycles. The molecule has 0 saturated carbocycles. The fourth-order valence-corrected chi connectivity index (χ4v) is 1.96. The Labute approximate surface area is 126 Å². The van der Waals surface area contributed by atoms with Gasteiger partial charge in [0.2, 0.25) is 0 Å². The van der Waals surface area contributed by atoms with E-state index in [2.05, 4.69) is 48.3 Å². The molecule has 0 saturated heterocycles. The third kappa shape index (κ3) is 4.81. The molecule has 0 spiro atoms. The largest absolute Gasteiger partial charge is 0.345 e. The number of hydrogen-bond donors (Lipinski definition) is 1. The summed E-state index contributed by atoms with van der Waals surface area (Å²) in [6, 6.07) is 16.1. The number of carbonyl (C=O) groups excluding carboxylic acids is 1. The zero-order chi connectivity index (χ0) is 15.1. The summed E-state index contributed by atoms with van der Waals surface area (Å²) in [7, 11) is 0. The van der Waals surface area contributed by atoms with Gasteiger partial charge in [-0.1, -0.05) is 53.9 Å². The average Bonchev–Trinajstić information content (AvgIpc) is 2.48. The molecule has 0 aliphatic carbocycles. The highest BCUT2D eigenvalue weighted by molar-refractivity contribution is 5.94. The Morgan fingerprint density at radius 1 is 1.05 bits per heavy atom. The number of nitrogens with one attached hydrogen (secondary N) is 1. The van der Waals surface area contributed by atoms with Crippen molar-refractivity contribution in [2.24, 2.45) is 0 Å². The summed E-state index contributed by atoms with van der Waals surface area (Å²) in [4.78, 5) is 11.7. The van der Waals surface area contributed by atoms with Crippen LogP contribution in [-0.4, -0.2) is 12.5 Å². The van der Waals surface area contributed by atoms with E-state index in [0.717, 1.165) is 17.5 Å². The Morgan fingerprint density at radius 3 is 2.48 bits per heavy atom. The van der Waals surface area contributed by atoms with Crippen molar-refractivity contribution >= 4 is 5.91 Å². The SMILES string of the molecule is Cc1ccc(CCNC(=O)C#Cc2ccccc2C)cc1. The third-order valence-electron chi connectivity index (χ3n) is 3.28. The van der Waals surface area contributed by atoms with Crippen LogP contribution >= 0.6 is 0 Å². The normalized spacial score (nSPS) is 9.62. The van der Waals surface area contributed by atoms with Crippen LogP contribution in [0.2, 0.25) is 0 Å². The first kappa shape index (κ1) is 14.9. The van der Waals surface area contributed by atoms with E-state index in [0.29, 0.717) is 6.54 Å². The van der Waals surface area contributed by atoms with Gasteiger partial charge in [-0.25, -0.2) is 0 Å². The molecule has 2 aromatic carbocycles. The summed E-state index contributed by atoms with van der Waals surface area (Å²) in [5.41, 5.74) is 4.43. The average molecular weight is 277 g/mol. The number of rotatable bonds is 3. The molecule has 0 radical (unpaired) electrons. The molecule has 1 amide bonds. The fourth-order valence-electron chi connectivity index (χ4n) is 1.96. The molecule has 0 bridgehead atoms. The number of hydrogen-bond acceptors (Lipinski definition) is 1. The van der Waals surface area contributed by atoms with Crippen molar-refractivity contribution in [2.45, 2.75) is 20.3 Å². The van der Waals surface area contributed by atoms with Gasteiger partial charge in [0.25, 0.3) is 5.91 Å². The summed E-state index contributed by atoms with van der Waals surface area (Å²) in [6.45, 7) is 4.65. The van der Waals surface area contributed by atoms with Crippen LogP contribution in [0.1, 0.15) is 22.3 Å². The van der Waals surface area contributed by atoms with Gasteiger partial charge in [0.1, 0.15) is 0 Å². The van der Waals surface area contributed by atoms with Crippen LogP contribution in [-0.2, 0) is 11.2 Å². The van der Waals surface area contributed by atoms with Gasteiger partial charge >= 0.3 is 0 Å². The second kappa shape index (κ2) is 7.31. The quantitative estimate of drug-likeness (QED) is 0.859. The smallest absolute Gasteiger partial charge is 0.296 e. The Kier molecular flexibility index (Phi) is 5.17. The molecular formula is C19H19NO. The Hall–Kier alpha value is -2.53. The maximum Gasteiger partial charge on any atom is 0.296 e. The summed E-state index contributed by atoms with van der Waals surface area (Å²) in [5.74, 6) is 5.31. The van der Waals surface area contributed by atoms with Crippen molar-refractivity contribution in [3.8, 4) is 11.8 Å². The molecule has 0 aliphatic heterocycles. The van der Waals surface area contributed by atoms with Gasteiger partial charge in [0.15, 0.2) is 0 Å².